The number of rotatable bonds is 6. The van der Waals surface area contributed by atoms with Gasteiger partial charge in [-0.3, -0.25) is 9.52 Å². The molecule has 0 atom stereocenters. The molecule has 0 fully saturated rings. The van der Waals surface area contributed by atoms with Crippen LogP contribution in [0.15, 0.2) is 45.8 Å². The second-order valence-corrected chi connectivity index (χ2v) is 7.60. The van der Waals surface area contributed by atoms with Gasteiger partial charge in [-0.2, -0.15) is 0 Å². The average Bonchev–Trinajstić information content (AvgIpc) is 2.51. The third-order valence-electron chi connectivity index (χ3n) is 3.05. The SMILES string of the molecule is CCOc1ccc(S(=O)(=O)Nc2ccc(Br)cc2F)cc1NC(C)=O. The summed E-state index contributed by atoms with van der Waals surface area (Å²) < 4.78 is 46.9. The molecule has 0 saturated heterocycles. The van der Waals surface area contributed by atoms with Gasteiger partial charge in [0.05, 0.1) is 22.9 Å². The highest BCUT2D eigenvalue weighted by molar-refractivity contribution is 9.10. The van der Waals surface area contributed by atoms with Gasteiger partial charge >= 0.3 is 0 Å². The second-order valence-electron chi connectivity index (χ2n) is 5.00. The Hall–Kier alpha value is -2.13. The van der Waals surface area contributed by atoms with E-state index in [2.05, 4.69) is 26.0 Å². The lowest BCUT2D eigenvalue weighted by Gasteiger charge is -2.14. The third kappa shape index (κ3) is 4.93. The number of benzene rings is 2. The molecule has 1 amide bonds. The first-order chi connectivity index (χ1) is 11.7. The predicted molar refractivity (Wildman–Crippen MR) is 96.8 cm³/mol. The molecule has 0 aliphatic rings. The largest absolute Gasteiger partial charge is 0.492 e. The molecule has 0 aliphatic heterocycles. The zero-order chi connectivity index (χ0) is 18.6. The van der Waals surface area contributed by atoms with Crippen LogP contribution in [0.1, 0.15) is 13.8 Å². The first-order valence-corrected chi connectivity index (χ1v) is 9.53. The number of halogens is 2. The van der Waals surface area contributed by atoms with Crippen molar-refractivity contribution in [3.05, 3.63) is 46.7 Å². The number of carbonyl (C=O) groups excluding carboxylic acids is 1. The molecular weight excluding hydrogens is 415 g/mol. The van der Waals surface area contributed by atoms with E-state index in [9.17, 15) is 17.6 Å². The highest BCUT2D eigenvalue weighted by Crippen LogP contribution is 2.29. The van der Waals surface area contributed by atoms with E-state index in [0.29, 0.717) is 16.8 Å². The summed E-state index contributed by atoms with van der Waals surface area (Å²) in [4.78, 5) is 11.2. The number of sulfonamides is 1. The normalized spacial score (nSPS) is 11.0. The summed E-state index contributed by atoms with van der Waals surface area (Å²) in [5.74, 6) is -0.750. The van der Waals surface area contributed by atoms with Crippen molar-refractivity contribution in [2.45, 2.75) is 18.7 Å². The van der Waals surface area contributed by atoms with Crippen LogP contribution in [0, 0.1) is 5.82 Å². The molecule has 0 bridgehead atoms. The Balaban J connectivity index is 2.39. The maximum atomic E-state index is 13.9. The van der Waals surface area contributed by atoms with Gasteiger partial charge in [-0.1, -0.05) is 15.9 Å². The van der Waals surface area contributed by atoms with E-state index in [4.69, 9.17) is 4.74 Å². The molecule has 0 aliphatic carbocycles. The van der Waals surface area contributed by atoms with Gasteiger partial charge < -0.3 is 10.1 Å². The molecule has 9 heteroatoms. The van der Waals surface area contributed by atoms with Crippen LogP contribution in [-0.2, 0) is 14.8 Å². The maximum Gasteiger partial charge on any atom is 0.262 e. The highest BCUT2D eigenvalue weighted by atomic mass is 79.9. The van der Waals surface area contributed by atoms with E-state index < -0.39 is 15.8 Å². The van der Waals surface area contributed by atoms with Gasteiger partial charge in [-0.15, -0.1) is 0 Å². The minimum atomic E-state index is -4.05. The van der Waals surface area contributed by atoms with Crippen molar-refractivity contribution in [3.63, 3.8) is 0 Å². The molecule has 25 heavy (non-hydrogen) atoms. The first-order valence-electron chi connectivity index (χ1n) is 7.25. The Kier molecular flexibility index (Phi) is 6.02. The molecule has 6 nitrogen and oxygen atoms in total. The summed E-state index contributed by atoms with van der Waals surface area (Å²) in [6.07, 6.45) is 0. The Morgan fingerprint density at radius 2 is 1.92 bits per heavy atom. The van der Waals surface area contributed by atoms with Gasteiger partial charge in [0.25, 0.3) is 10.0 Å². The van der Waals surface area contributed by atoms with Crippen molar-refractivity contribution in [2.75, 3.05) is 16.6 Å². The van der Waals surface area contributed by atoms with Crippen LogP contribution in [0.2, 0.25) is 0 Å². The zero-order valence-corrected chi connectivity index (χ0v) is 15.9. The Labute approximate surface area is 153 Å². The number of carbonyl (C=O) groups is 1. The highest BCUT2D eigenvalue weighted by Gasteiger charge is 2.19. The summed E-state index contributed by atoms with van der Waals surface area (Å²) in [6, 6.07) is 7.98. The minimum absolute atomic E-state index is 0.137. The van der Waals surface area contributed by atoms with Gasteiger partial charge in [0.15, 0.2) is 0 Å². The Morgan fingerprint density at radius 3 is 2.52 bits per heavy atom. The van der Waals surface area contributed by atoms with Gasteiger partial charge in [0, 0.05) is 11.4 Å². The predicted octanol–water partition coefficient (Wildman–Crippen LogP) is 3.75. The summed E-state index contributed by atoms with van der Waals surface area (Å²) in [7, 11) is -4.05. The maximum absolute atomic E-state index is 13.9. The third-order valence-corrected chi connectivity index (χ3v) is 4.90. The average molecular weight is 431 g/mol. The lowest BCUT2D eigenvalue weighted by atomic mass is 10.3. The van der Waals surface area contributed by atoms with Gasteiger partial charge in [0.1, 0.15) is 11.6 Å². The molecule has 2 aromatic carbocycles. The van der Waals surface area contributed by atoms with Crippen LogP contribution in [0.4, 0.5) is 15.8 Å². The van der Waals surface area contributed by atoms with Crippen LogP contribution < -0.4 is 14.8 Å². The zero-order valence-electron chi connectivity index (χ0n) is 13.5. The van der Waals surface area contributed by atoms with Crippen molar-refractivity contribution in [3.8, 4) is 5.75 Å². The van der Waals surface area contributed by atoms with Crippen LogP contribution in [0.25, 0.3) is 0 Å². The molecule has 2 aromatic rings. The first kappa shape index (κ1) is 19.2. The van der Waals surface area contributed by atoms with Crippen molar-refractivity contribution in [1.82, 2.24) is 0 Å². The van der Waals surface area contributed by atoms with Gasteiger partial charge in [0.2, 0.25) is 5.91 Å². The summed E-state index contributed by atoms with van der Waals surface area (Å²) >= 11 is 3.10. The van der Waals surface area contributed by atoms with Crippen LogP contribution in [0.5, 0.6) is 5.75 Å². The molecule has 0 radical (unpaired) electrons. The molecule has 134 valence electrons. The summed E-state index contributed by atoms with van der Waals surface area (Å²) in [5.41, 5.74) is 0.0339. The van der Waals surface area contributed by atoms with E-state index in [1.807, 2.05) is 0 Å². The minimum Gasteiger partial charge on any atom is -0.492 e. The Bertz CT molecular complexity index is 903. The lowest BCUT2D eigenvalue weighted by Crippen LogP contribution is -2.15. The molecule has 0 unspecified atom stereocenters. The monoisotopic (exact) mass is 430 g/mol. The fourth-order valence-corrected chi connectivity index (χ4v) is 3.45. The van der Waals surface area contributed by atoms with Gasteiger partial charge in [-0.25, -0.2) is 12.8 Å². The number of amides is 1. The smallest absolute Gasteiger partial charge is 0.262 e. The van der Waals surface area contributed by atoms with E-state index in [0.717, 1.165) is 6.07 Å². The van der Waals surface area contributed by atoms with E-state index >= 15 is 0 Å². The molecule has 0 heterocycles. The van der Waals surface area contributed by atoms with E-state index in [-0.39, 0.29) is 22.2 Å². The molecular formula is C16H16BrFN2O4S. The van der Waals surface area contributed by atoms with E-state index in [1.165, 1.54) is 37.3 Å². The number of hydrogen-bond donors (Lipinski definition) is 2. The quantitative estimate of drug-likeness (QED) is 0.730. The van der Waals surface area contributed by atoms with Crippen molar-refractivity contribution < 1.29 is 22.3 Å². The molecule has 0 aromatic heterocycles. The second kappa shape index (κ2) is 7.83. The van der Waals surface area contributed by atoms with Gasteiger partial charge in [-0.05, 0) is 43.3 Å². The molecule has 2 N–H and O–H groups in total. The van der Waals surface area contributed by atoms with Crippen molar-refractivity contribution in [1.29, 1.82) is 0 Å². The van der Waals surface area contributed by atoms with Crippen LogP contribution in [-0.4, -0.2) is 20.9 Å². The fraction of sp³-hybridized carbons (Fsp3) is 0.188. The number of nitrogens with one attached hydrogen (secondary N) is 2. The fourth-order valence-electron chi connectivity index (χ4n) is 2.02. The van der Waals surface area contributed by atoms with E-state index in [1.54, 1.807) is 6.92 Å². The van der Waals surface area contributed by atoms with Crippen LogP contribution in [0.3, 0.4) is 0 Å². The number of hydrogen-bond acceptors (Lipinski definition) is 4. The Morgan fingerprint density at radius 1 is 1.20 bits per heavy atom. The number of anilines is 2. The van der Waals surface area contributed by atoms with Crippen molar-refractivity contribution >= 4 is 43.2 Å². The lowest BCUT2D eigenvalue weighted by molar-refractivity contribution is -0.114. The number of ether oxygens (including phenoxy) is 1. The topological polar surface area (TPSA) is 84.5 Å². The standard InChI is InChI=1S/C16H16BrFN2O4S/c1-3-24-16-7-5-12(9-15(16)19-10(2)21)25(22,23)20-14-6-4-11(17)8-13(14)18/h4-9,20H,3H2,1-2H3,(H,19,21). The summed E-state index contributed by atoms with van der Waals surface area (Å²) in [6.45, 7) is 3.41. The molecule has 0 spiro atoms. The van der Waals surface area contributed by atoms with Crippen LogP contribution >= 0.6 is 15.9 Å². The summed E-state index contributed by atoms with van der Waals surface area (Å²) in [5, 5.41) is 2.52. The molecule has 0 saturated carbocycles. The van der Waals surface area contributed by atoms with Crippen molar-refractivity contribution in [2.24, 2.45) is 0 Å². The molecule has 2 rings (SSSR count).